The van der Waals surface area contributed by atoms with Crippen molar-refractivity contribution >= 4 is 17.7 Å². The number of halogens is 3. The molecule has 32 heavy (non-hydrogen) atoms. The van der Waals surface area contributed by atoms with Gasteiger partial charge in [-0.05, 0) is 31.5 Å². The van der Waals surface area contributed by atoms with Crippen LogP contribution in [0.1, 0.15) is 18.4 Å². The summed E-state index contributed by atoms with van der Waals surface area (Å²) in [4.78, 5) is 14.8. The van der Waals surface area contributed by atoms with Crippen molar-refractivity contribution in [2.45, 2.75) is 25.4 Å². The minimum Gasteiger partial charge on any atom is -0.461 e. The maximum Gasteiger partial charge on any atom is 0.259 e. The molecule has 0 aliphatic carbocycles. The van der Waals surface area contributed by atoms with Crippen LogP contribution in [0.5, 0.6) is 0 Å². The Morgan fingerprint density at radius 2 is 1.97 bits per heavy atom. The summed E-state index contributed by atoms with van der Waals surface area (Å²) in [6.45, 7) is 1.14. The van der Waals surface area contributed by atoms with E-state index in [4.69, 9.17) is 10.2 Å². The van der Waals surface area contributed by atoms with E-state index in [9.17, 15) is 13.2 Å². The van der Waals surface area contributed by atoms with Gasteiger partial charge in [0, 0.05) is 36.8 Å². The van der Waals surface area contributed by atoms with Gasteiger partial charge in [0.15, 0.2) is 5.76 Å². The molecule has 0 spiro atoms. The Labute approximate surface area is 180 Å². The number of hydrogen-bond donors (Lipinski definition) is 2. The van der Waals surface area contributed by atoms with Gasteiger partial charge >= 0.3 is 0 Å². The Balaban J connectivity index is 1.30. The number of benzene rings is 1. The van der Waals surface area contributed by atoms with E-state index in [2.05, 4.69) is 25.4 Å². The lowest BCUT2D eigenvalue weighted by molar-refractivity contribution is 0.246. The molecule has 166 valence electrons. The molecule has 3 aromatic heterocycles. The Bertz CT molecular complexity index is 1240. The van der Waals surface area contributed by atoms with Crippen LogP contribution in [-0.2, 0) is 6.54 Å². The number of nitrogens with two attached hydrogens (primary N) is 1. The highest BCUT2D eigenvalue weighted by molar-refractivity contribution is 5.52. The number of rotatable bonds is 6. The molecule has 0 amide bonds. The summed E-state index contributed by atoms with van der Waals surface area (Å²) in [6.07, 6.45) is 3.21. The lowest BCUT2D eigenvalue weighted by Gasteiger charge is -2.25. The van der Waals surface area contributed by atoms with Gasteiger partial charge in [0.25, 0.3) is 5.78 Å². The highest BCUT2D eigenvalue weighted by Crippen LogP contribution is 2.24. The third-order valence-corrected chi connectivity index (χ3v) is 5.44. The largest absolute Gasteiger partial charge is 0.461 e. The molecular weight excluding hydrogens is 425 g/mol. The molecule has 0 radical (unpaired) electrons. The number of furan rings is 1. The van der Waals surface area contributed by atoms with Gasteiger partial charge in [0.2, 0.25) is 17.7 Å². The summed E-state index contributed by atoms with van der Waals surface area (Å²) in [6, 6.07) is 4.82. The molecule has 9 nitrogen and oxygen atoms in total. The Kier molecular flexibility index (Phi) is 5.13. The van der Waals surface area contributed by atoms with Crippen LogP contribution >= 0.6 is 0 Å². The first-order valence-corrected chi connectivity index (χ1v) is 10.0. The zero-order valence-corrected chi connectivity index (χ0v) is 16.8. The van der Waals surface area contributed by atoms with Gasteiger partial charge in [-0.2, -0.15) is 19.5 Å². The van der Waals surface area contributed by atoms with Crippen molar-refractivity contribution in [1.82, 2.24) is 29.5 Å². The first-order chi connectivity index (χ1) is 15.5. The third-order valence-electron chi connectivity index (χ3n) is 5.44. The predicted octanol–water partition coefficient (Wildman–Crippen LogP) is 2.86. The first kappa shape index (κ1) is 20.2. The van der Waals surface area contributed by atoms with Crippen molar-refractivity contribution in [3.63, 3.8) is 0 Å². The second-order valence-corrected chi connectivity index (χ2v) is 7.53. The summed E-state index contributed by atoms with van der Waals surface area (Å²) in [5.74, 6) is -1.28. The number of aromatic nitrogens is 5. The molecule has 0 saturated carbocycles. The second-order valence-electron chi connectivity index (χ2n) is 7.53. The van der Waals surface area contributed by atoms with E-state index in [0.29, 0.717) is 36.8 Å². The average molecular weight is 444 g/mol. The SMILES string of the molecule is Nc1nc(NCC2CCCN2Cc2c(F)cc(F)cc2F)nc2nc(-c3ccco3)nn12. The van der Waals surface area contributed by atoms with Crippen molar-refractivity contribution in [3.8, 4) is 11.6 Å². The summed E-state index contributed by atoms with van der Waals surface area (Å²) in [7, 11) is 0. The van der Waals surface area contributed by atoms with Gasteiger partial charge in [-0.25, -0.2) is 13.2 Å². The summed E-state index contributed by atoms with van der Waals surface area (Å²) < 4.78 is 47.9. The van der Waals surface area contributed by atoms with Gasteiger partial charge in [-0.1, -0.05) is 0 Å². The third kappa shape index (κ3) is 3.84. The van der Waals surface area contributed by atoms with E-state index in [1.54, 1.807) is 12.1 Å². The smallest absolute Gasteiger partial charge is 0.259 e. The van der Waals surface area contributed by atoms with Crippen molar-refractivity contribution in [3.05, 3.63) is 53.5 Å². The number of nitrogens with zero attached hydrogens (tertiary/aromatic N) is 6. The van der Waals surface area contributed by atoms with Crippen LogP contribution in [0, 0.1) is 17.5 Å². The fourth-order valence-electron chi connectivity index (χ4n) is 3.86. The van der Waals surface area contributed by atoms with Crippen LogP contribution in [0.3, 0.4) is 0 Å². The fourth-order valence-corrected chi connectivity index (χ4v) is 3.86. The lowest BCUT2D eigenvalue weighted by atomic mass is 10.1. The monoisotopic (exact) mass is 444 g/mol. The summed E-state index contributed by atoms with van der Waals surface area (Å²) in [5.41, 5.74) is 5.85. The highest BCUT2D eigenvalue weighted by atomic mass is 19.1. The van der Waals surface area contributed by atoms with Crippen LogP contribution < -0.4 is 11.1 Å². The molecule has 1 aromatic carbocycles. The molecule has 1 aliphatic rings. The van der Waals surface area contributed by atoms with Crippen molar-refractivity contribution in [1.29, 1.82) is 0 Å². The van der Waals surface area contributed by atoms with E-state index < -0.39 is 17.5 Å². The normalized spacial score (nSPS) is 16.8. The summed E-state index contributed by atoms with van der Waals surface area (Å²) >= 11 is 0. The van der Waals surface area contributed by atoms with E-state index in [0.717, 1.165) is 12.8 Å². The quantitative estimate of drug-likeness (QED) is 0.467. The number of nitrogens with one attached hydrogen (secondary N) is 1. The standard InChI is InChI=1S/C20H19F3N8O/c21-11-7-14(22)13(15(23)8-11)10-30-5-1-3-12(30)9-25-19-27-18(24)31-20(28-19)26-17(29-31)16-4-2-6-32-16/h2,4,6-8,12H,1,3,5,9-10H2,(H3,24,25,26,27,28,29). The molecule has 0 bridgehead atoms. The molecule has 4 heterocycles. The predicted molar refractivity (Wildman–Crippen MR) is 109 cm³/mol. The number of hydrogen-bond acceptors (Lipinski definition) is 8. The lowest BCUT2D eigenvalue weighted by Crippen LogP contribution is -2.35. The molecule has 3 N–H and O–H groups in total. The van der Waals surface area contributed by atoms with Crippen molar-refractivity contribution in [2.75, 3.05) is 24.1 Å². The number of likely N-dealkylation sites (tertiary alicyclic amines) is 1. The van der Waals surface area contributed by atoms with E-state index >= 15 is 0 Å². The van der Waals surface area contributed by atoms with Crippen LogP contribution in [0.15, 0.2) is 34.9 Å². The molecule has 1 atom stereocenters. The summed E-state index contributed by atoms with van der Waals surface area (Å²) in [5, 5.41) is 7.36. The Hall–Kier alpha value is -3.67. The zero-order chi connectivity index (χ0) is 22.2. The highest BCUT2D eigenvalue weighted by Gasteiger charge is 2.27. The van der Waals surface area contributed by atoms with Gasteiger partial charge in [-0.15, -0.1) is 5.10 Å². The topological polar surface area (TPSA) is 110 Å². The average Bonchev–Trinajstić information content (AvgIpc) is 3.49. The number of fused-ring (bicyclic) bond motifs is 1. The van der Waals surface area contributed by atoms with Crippen LogP contribution in [-0.4, -0.2) is 48.6 Å². The Morgan fingerprint density at radius 3 is 2.72 bits per heavy atom. The maximum atomic E-state index is 14.1. The van der Waals surface area contributed by atoms with Crippen LogP contribution in [0.25, 0.3) is 17.4 Å². The Morgan fingerprint density at radius 1 is 1.16 bits per heavy atom. The number of nitrogen functional groups attached to an aromatic ring is 1. The van der Waals surface area contributed by atoms with Crippen LogP contribution in [0.4, 0.5) is 25.1 Å². The van der Waals surface area contributed by atoms with Gasteiger partial charge in [0.05, 0.1) is 6.26 Å². The minimum atomic E-state index is -0.933. The molecule has 1 fully saturated rings. The van der Waals surface area contributed by atoms with E-state index in [-0.39, 0.29) is 35.8 Å². The van der Waals surface area contributed by atoms with Crippen LogP contribution in [0.2, 0.25) is 0 Å². The van der Waals surface area contributed by atoms with Gasteiger partial charge in [-0.3, -0.25) is 4.90 Å². The molecule has 12 heteroatoms. The van der Waals surface area contributed by atoms with Crippen molar-refractivity contribution in [2.24, 2.45) is 0 Å². The molecule has 5 rings (SSSR count). The molecule has 1 aliphatic heterocycles. The maximum absolute atomic E-state index is 14.1. The van der Waals surface area contributed by atoms with E-state index in [1.807, 2.05) is 4.90 Å². The first-order valence-electron chi connectivity index (χ1n) is 10.0. The molecule has 4 aromatic rings. The number of anilines is 2. The van der Waals surface area contributed by atoms with Crippen molar-refractivity contribution < 1.29 is 17.6 Å². The second kappa shape index (κ2) is 8.11. The van der Waals surface area contributed by atoms with Gasteiger partial charge in [0.1, 0.15) is 17.5 Å². The molecule has 1 unspecified atom stereocenters. The zero-order valence-electron chi connectivity index (χ0n) is 16.8. The fraction of sp³-hybridized carbons (Fsp3) is 0.300. The minimum absolute atomic E-state index is 0.0172. The van der Waals surface area contributed by atoms with Gasteiger partial charge < -0.3 is 15.5 Å². The molecular formula is C20H19F3N8O. The van der Waals surface area contributed by atoms with E-state index in [1.165, 1.54) is 10.8 Å². The molecule has 1 saturated heterocycles.